The maximum atomic E-state index is 13.8. The van der Waals surface area contributed by atoms with E-state index < -0.39 is 23.5 Å². The van der Waals surface area contributed by atoms with Crippen molar-refractivity contribution in [2.45, 2.75) is 32.4 Å². The second kappa shape index (κ2) is 9.79. The van der Waals surface area contributed by atoms with Crippen LogP contribution in [0.4, 0.5) is 0 Å². The zero-order valence-corrected chi connectivity index (χ0v) is 21.5. The molecule has 1 aliphatic rings. The third kappa shape index (κ3) is 4.49. The maximum absolute atomic E-state index is 13.8. The molecule has 1 aliphatic heterocycles. The molecule has 0 radical (unpaired) electrons. The molecular formula is C30H26ClNO5. The number of methoxy groups -OCH3 is 1. The molecule has 0 saturated carbocycles. The third-order valence-corrected chi connectivity index (χ3v) is 6.94. The summed E-state index contributed by atoms with van der Waals surface area (Å²) >= 11 is 6.10. The van der Waals surface area contributed by atoms with Gasteiger partial charge >= 0.3 is 0 Å². The number of furan rings is 1. The molecule has 0 bridgehead atoms. The first-order valence-corrected chi connectivity index (χ1v) is 12.4. The van der Waals surface area contributed by atoms with Gasteiger partial charge in [0.05, 0.1) is 25.3 Å². The zero-order chi connectivity index (χ0) is 26.3. The number of fused-ring (bicyclic) bond motifs is 1. The van der Waals surface area contributed by atoms with E-state index in [4.69, 9.17) is 20.8 Å². The van der Waals surface area contributed by atoms with Crippen LogP contribution in [0.25, 0.3) is 11.0 Å². The van der Waals surface area contributed by atoms with Gasteiger partial charge in [0.2, 0.25) is 5.78 Å². The second-order valence-electron chi connectivity index (χ2n) is 9.35. The molecule has 1 aromatic heterocycles. The number of halogens is 1. The summed E-state index contributed by atoms with van der Waals surface area (Å²) in [6.07, 6.45) is 0. The number of rotatable bonds is 7. The summed E-state index contributed by atoms with van der Waals surface area (Å²) in [4.78, 5) is 28.7. The Hall–Kier alpha value is -4.03. The number of ether oxygens (including phenoxy) is 1. The maximum Gasteiger partial charge on any atom is 0.290 e. The lowest BCUT2D eigenvalue weighted by atomic mass is 9.92. The predicted molar refractivity (Wildman–Crippen MR) is 142 cm³/mol. The van der Waals surface area contributed by atoms with Crippen LogP contribution in [0.15, 0.2) is 88.5 Å². The Bertz CT molecular complexity index is 1530. The van der Waals surface area contributed by atoms with Gasteiger partial charge in [-0.1, -0.05) is 67.9 Å². The van der Waals surface area contributed by atoms with Gasteiger partial charge in [0.1, 0.15) is 11.3 Å². The number of carbonyl (C=O) groups excluding carboxylic acids is 2. The largest absolute Gasteiger partial charge is 0.503 e. The minimum atomic E-state index is -0.817. The molecule has 5 rings (SSSR count). The van der Waals surface area contributed by atoms with Gasteiger partial charge < -0.3 is 19.2 Å². The molecule has 0 saturated heterocycles. The number of amides is 1. The van der Waals surface area contributed by atoms with Crippen molar-refractivity contribution in [3.05, 3.63) is 112 Å². The topological polar surface area (TPSA) is 80.0 Å². The highest BCUT2D eigenvalue weighted by atomic mass is 35.5. The molecule has 1 amide bonds. The Morgan fingerprint density at radius 3 is 2.51 bits per heavy atom. The lowest BCUT2D eigenvalue weighted by molar-refractivity contribution is -0.130. The fraction of sp³-hybridized carbons (Fsp3) is 0.200. The molecule has 1 unspecified atom stereocenters. The standard InChI is InChI=1S/C30H26ClNO5/c1-17(2)18-8-10-19(11-9-18)27-26(28(33)25-15-21-14-22(31)12-13-24(21)37-25)29(34)30(35)32(27)16-20-6-4-5-7-23(20)36-3/h4-15,17,27,34H,16H2,1-3H3. The van der Waals surface area contributed by atoms with E-state index >= 15 is 0 Å². The molecule has 6 nitrogen and oxygen atoms in total. The molecule has 1 N–H and O–H groups in total. The number of carbonyl (C=O) groups is 2. The minimum absolute atomic E-state index is 0.0227. The van der Waals surface area contributed by atoms with E-state index in [9.17, 15) is 14.7 Å². The quantitative estimate of drug-likeness (QED) is 0.268. The normalized spacial score (nSPS) is 15.8. The van der Waals surface area contributed by atoms with Crippen LogP contribution in [0.3, 0.4) is 0 Å². The van der Waals surface area contributed by atoms with E-state index in [1.807, 2.05) is 42.5 Å². The Morgan fingerprint density at radius 2 is 1.81 bits per heavy atom. The van der Waals surface area contributed by atoms with Crippen LogP contribution in [0.5, 0.6) is 5.75 Å². The minimum Gasteiger partial charge on any atom is -0.503 e. The van der Waals surface area contributed by atoms with Gasteiger partial charge in [-0.2, -0.15) is 0 Å². The van der Waals surface area contributed by atoms with Crippen LogP contribution in [0.1, 0.15) is 53.1 Å². The van der Waals surface area contributed by atoms with E-state index in [2.05, 4.69) is 13.8 Å². The summed E-state index contributed by atoms with van der Waals surface area (Å²) in [6, 6.07) is 20.9. The van der Waals surface area contributed by atoms with Gasteiger partial charge in [-0.25, -0.2) is 0 Å². The predicted octanol–water partition coefficient (Wildman–Crippen LogP) is 7.00. The van der Waals surface area contributed by atoms with Crippen molar-refractivity contribution in [2.24, 2.45) is 0 Å². The second-order valence-corrected chi connectivity index (χ2v) is 9.79. The fourth-order valence-corrected chi connectivity index (χ4v) is 4.91. The Morgan fingerprint density at radius 1 is 1.08 bits per heavy atom. The highest BCUT2D eigenvalue weighted by molar-refractivity contribution is 6.31. The molecule has 4 aromatic rings. The molecule has 1 atom stereocenters. The summed E-state index contributed by atoms with van der Waals surface area (Å²) in [5.41, 5.74) is 3.05. The number of ketones is 1. The van der Waals surface area contributed by atoms with Gasteiger partial charge in [0, 0.05) is 16.0 Å². The fourth-order valence-electron chi connectivity index (χ4n) is 4.73. The van der Waals surface area contributed by atoms with Gasteiger partial charge in [-0.3, -0.25) is 9.59 Å². The van der Waals surface area contributed by atoms with E-state index in [-0.39, 0.29) is 17.9 Å². The number of aliphatic hydroxyl groups is 1. The van der Waals surface area contributed by atoms with Gasteiger partial charge in [0.15, 0.2) is 11.5 Å². The van der Waals surface area contributed by atoms with Crippen molar-refractivity contribution >= 4 is 34.3 Å². The molecule has 3 aromatic carbocycles. The molecule has 188 valence electrons. The number of Topliss-reactive ketones (excluding diaryl/α,β-unsaturated/α-hetero) is 1. The first-order valence-electron chi connectivity index (χ1n) is 12.0. The van der Waals surface area contributed by atoms with Crippen LogP contribution in [-0.2, 0) is 11.3 Å². The van der Waals surface area contributed by atoms with Crippen LogP contribution in [0, 0.1) is 0 Å². The van der Waals surface area contributed by atoms with Crippen LogP contribution in [0.2, 0.25) is 5.02 Å². The summed E-state index contributed by atoms with van der Waals surface area (Å²) in [5, 5.41) is 12.2. The lowest BCUT2D eigenvalue weighted by Gasteiger charge is -2.27. The molecular weight excluding hydrogens is 490 g/mol. The van der Waals surface area contributed by atoms with Gasteiger partial charge in [-0.05, 0) is 47.4 Å². The van der Waals surface area contributed by atoms with E-state index in [1.165, 1.54) is 4.90 Å². The Balaban J connectivity index is 1.60. The van der Waals surface area contributed by atoms with Crippen molar-refractivity contribution < 1.29 is 23.8 Å². The number of hydrogen-bond donors (Lipinski definition) is 1. The number of para-hydroxylation sites is 1. The van der Waals surface area contributed by atoms with Gasteiger partial charge in [0.25, 0.3) is 5.91 Å². The average Bonchev–Trinajstić information content (AvgIpc) is 3.43. The van der Waals surface area contributed by atoms with E-state index in [0.717, 1.165) is 11.1 Å². The van der Waals surface area contributed by atoms with Crippen molar-refractivity contribution in [3.63, 3.8) is 0 Å². The van der Waals surface area contributed by atoms with Crippen molar-refractivity contribution in [1.82, 2.24) is 4.90 Å². The number of hydrogen-bond acceptors (Lipinski definition) is 5. The summed E-state index contributed by atoms with van der Waals surface area (Å²) in [7, 11) is 1.56. The smallest absolute Gasteiger partial charge is 0.290 e. The zero-order valence-electron chi connectivity index (χ0n) is 20.7. The van der Waals surface area contributed by atoms with Crippen LogP contribution in [-0.4, -0.2) is 28.8 Å². The molecule has 0 aliphatic carbocycles. The molecule has 0 spiro atoms. The summed E-state index contributed by atoms with van der Waals surface area (Å²) < 4.78 is 11.3. The lowest BCUT2D eigenvalue weighted by Crippen LogP contribution is -2.30. The van der Waals surface area contributed by atoms with Gasteiger partial charge in [-0.15, -0.1) is 0 Å². The van der Waals surface area contributed by atoms with Crippen molar-refractivity contribution in [1.29, 1.82) is 0 Å². The molecule has 2 heterocycles. The molecule has 0 fully saturated rings. The number of aliphatic hydroxyl groups excluding tert-OH is 1. The van der Waals surface area contributed by atoms with Crippen LogP contribution < -0.4 is 4.74 Å². The number of benzene rings is 3. The molecule has 7 heteroatoms. The van der Waals surface area contributed by atoms with E-state index in [1.54, 1.807) is 37.4 Å². The first-order chi connectivity index (χ1) is 17.8. The van der Waals surface area contributed by atoms with Crippen LogP contribution >= 0.6 is 11.6 Å². The monoisotopic (exact) mass is 515 g/mol. The number of nitrogens with zero attached hydrogens (tertiary/aromatic N) is 1. The highest BCUT2D eigenvalue weighted by Gasteiger charge is 2.44. The Kier molecular flexibility index (Phi) is 6.52. The van der Waals surface area contributed by atoms with E-state index in [0.29, 0.717) is 33.2 Å². The highest BCUT2D eigenvalue weighted by Crippen LogP contribution is 2.41. The van der Waals surface area contributed by atoms with Crippen molar-refractivity contribution in [3.8, 4) is 5.75 Å². The molecule has 37 heavy (non-hydrogen) atoms. The summed E-state index contributed by atoms with van der Waals surface area (Å²) in [6.45, 7) is 4.32. The first kappa shape index (κ1) is 24.7. The average molecular weight is 516 g/mol. The van der Waals surface area contributed by atoms with Crippen molar-refractivity contribution in [2.75, 3.05) is 7.11 Å². The SMILES string of the molecule is COc1ccccc1CN1C(=O)C(O)=C(C(=O)c2cc3cc(Cl)ccc3o2)C1c1ccc(C(C)C)cc1. The summed E-state index contributed by atoms with van der Waals surface area (Å²) in [5.74, 6) is -0.829. The third-order valence-electron chi connectivity index (χ3n) is 6.70. The Labute approximate surface area is 219 Å².